The van der Waals surface area contributed by atoms with Crippen LogP contribution in [0.2, 0.25) is 0 Å². The molecule has 0 atom stereocenters. The molecule has 0 bridgehead atoms. The van der Waals surface area contributed by atoms with Gasteiger partial charge in [0.15, 0.2) is 0 Å². The highest BCUT2D eigenvalue weighted by Gasteiger charge is 2.19. The molecule has 1 aromatic rings. The van der Waals surface area contributed by atoms with Crippen molar-refractivity contribution in [1.82, 2.24) is 5.32 Å². The van der Waals surface area contributed by atoms with Crippen molar-refractivity contribution in [3.63, 3.8) is 0 Å². The minimum absolute atomic E-state index is 0.0979. The molecule has 1 aromatic carbocycles. The van der Waals surface area contributed by atoms with Gasteiger partial charge in [-0.1, -0.05) is 15.9 Å². The zero-order chi connectivity index (χ0) is 13.1. The number of fused-ring (bicyclic) bond motifs is 1. The number of aryl methyl sites for hydroxylation is 1. The molecule has 3 nitrogen and oxygen atoms in total. The first-order valence-corrected chi connectivity index (χ1v) is 7.18. The van der Waals surface area contributed by atoms with Crippen molar-refractivity contribution >= 4 is 27.5 Å². The maximum absolute atomic E-state index is 11.8. The smallest absolute Gasteiger partial charge is 0.239 e. The van der Waals surface area contributed by atoms with Gasteiger partial charge < -0.3 is 10.2 Å². The molecule has 0 unspecified atom stereocenters. The molecule has 0 radical (unpaired) electrons. The molecule has 18 heavy (non-hydrogen) atoms. The van der Waals surface area contributed by atoms with Crippen LogP contribution in [0.3, 0.4) is 0 Å². The number of amides is 1. The van der Waals surface area contributed by atoms with Crippen LogP contribution in [0.4, 0.5) is 5.69 Å². The molecule has 0 aromatic heterocycles. The van der Waals surface area contributed by atoms with E-state index in [-0.39, 0.29) is 11.9 Å². The fourth-order valence-electron chi connectivity index (χ4n) is 2.35. The lowest BCUT2D eigenvalue weighted by molar-refractivity contribution is -0.120. The lowest BCUT2D eigenvalue weighted by atomic mass is 10.0. The average Bonchev–Trinajstić information content (AvgIpc) is 2.27. The standard InChI is InChI=1S/C14H19BrN2O/c1-10(2)16-14(18)9-17-7-3-4-11-8-12(15)5-6-13(11)17/h5-6,8,10H,3-4,7,9H2,1-2H3,(H,16,18). The molecule has 0 fully saturated rings. The molecule has 1 N–H and O–H groups in total. The van der Waals surface area contributed by atoms with Gasteiger partial charge in [0.25, 0.3) is 0 Å². The summed E-state index contributed by atoms with van der Waals surface area (Å²) in [4.78, 5) is 14.0. The zero-order valence-corrected chi connectivity index (χ0v) is 12.5. The van der Waals surface area contributed by atoms with E-state index in [9.17, 15) is 4.79 Å². The van der Waals surface area contributed by atoms with Gasteiger partial charge in [-0.3, -0.25) is 4.79 Å². The molecule has 1 amide bonds. The highest BCUT2D eigenvalue weighted by Crippen LogP contribution is 2.29. The van der Waals surface area contributed by atoms with Gasteiger partial charge in [-0.2, -0.15) is 0 Å². The molecule has 1 aliphatic heterocycles. The number of carbonyl (C=O) groups is 1. The number of halogens is 1. The van der Waals surface area contributed by atoms with Crippen LogP contribution >= 0.6 is 15.9 Å². The second-order valence-corrected chi connectivity index (χ2v) is 5.94. The molecule has 0 spiro atoms. The lowest BCUT2D eigenvalue weighted by Crippen LogP contribution is -2.42. The summed E-state index contributed by atoms with van der Waals surface area (Å²) in [6.45, 7) is 5.38. The lowest BCUT2D eigenvalue weighted by Gasteiger charge is -2.31. The van der Waals surface area contributed by atoms with Gasteiger partial charge in [-0.05, 0) is 50.5 Å². The van der Waals surface area contributed by atoms with E-state index in [1.807, 2.05) is 19.9 Å². The van der Waals surface area contributed by atoms with E-state index in [0.717, 1.165) is 23.9 Å². The maximum Gasteiger partial charge on any atom is 0.239 e. The molecule has 1 heterocycles. The van der Waals surface area contributed by atoms with E-state index >= 15 is 0 Å². The molecular formula is C14H19BrN2O. The number of rotatable bonds is 3. The summed E-state index contributed by atoms with van der Waals surface area (Å²) < 4.78 is 1.11. The molecule has 2 rings (SSSR count). The Kier molecular flexibility index (Phi) is 4.27. The molecule has 0 saturated heterocycles. The fraction of sp³-hybridized carbons (Fsp3) is 0.500. The quantitative estimate of drug-likeness (QED) is 0.931. The predicted molar refractivity (Wildman–Crippen MR) is 78.0 cm³/mol. The van der Waals surface area contributed by atoms with Crippen LogP contribution in [0.15, 0.2) is 22.7 Å². The maximum atomic E-state index is 11.8. The Labute approximate surface area is 117 Å². The van der Waals surface area contributed by atoms with Crippen LogP contribution in [-0.2, 0) is 11.2 Å². The van der Waals surface area contributed by atoms with E-state index in [1.54, 1.807) is 0 Å². The van der Waals surface area contributed by atoms with Gasteiger partial charge >= 0.3 is 0 Å². The van der Waals surface area contributed by atoms with Crippen molar-refractivity contribution in [1.29, 1.82) is 0 Å². The van der Waals surface area contributed by atoms with E-state index in [4.69, 9.17) is 0 Å². The Morgan fingerprint density at radius 1 is 1.50 bits per heavy atom. The second-order valence-electron chi connectivity index (χ2n) is 5.02. The summed E-state index contributed by atoms with van der Waals surface area (Å²) in [5.74, 6) is 0.0979. The molecule has 0 saturated carbocycles. The van der Waals surface area contributed by atoms with E-state index in [2.05, 4.69) is 38.3 Å². The summed E-state index contributed by atoms with van der Waals surface area (Å²) in [7, 11) is 0. The highest BCUT2D eigenvalue weighted by atomic mass is 79.9. The predicted octanol–water partition coefficient (Wildman–Crippen LogP) is 2.73. The number of nitrogens with zero attached hydrogens (tertiary/aromatic N) is 1. The Balaban J connectivity index is 2.10. The van der Waals surface area contributed by atoms with Crippen LogP contribution in [-0.4, -0.2) is 25.0 Å². The topological polar surface area (TPSA) is 32.3 Å². The largest absolute Gasteiger partial charge is 0.362 e. The van der Waals surface area contributed by atoms with E-state index in [1.165, 1.54) is 11.3 Å². The minimum atomic E-state index is 0.0979. The second kappa shape index (κ2) is 5.74. The summed E-state index contributed by atoms with van der Waals surface area (Å²) >= 11 is 3.50. The third-order valence-corrected chi connectivity index (χ3v) is 3.53. The van der Waals surface area contributed by atoms with Gasteiger partial charge in [0.1, 0.15) is 0 Å². The van der Waals surface area contributed by atoms with Crippen molar-refractivity contribution < 1.29 is 4.79 Å². The van der Waals surface area contributed by atoms with E-state index in [0.29, 0.717) is 6.54 Å². The molecule has 4 heteroatoms. The van der Waals surface area contributed by atoms with Crippen LogP contribution in [0.5, 0.6) is 0 Å². The summed E-state index contributed by atoms with van der Waals surface area (Å²) in [6, 6.07) is 6.49. The number of nitrogens with one attached hydrogen (secondary N) is 1. The SMILES string of the molecule is CC(C)NC(=O)CN1CCCc2cc(Br)ccc21. The first-order chi connectivity index (χ1) is 8.56. The van der Waals surface area contributed by atoms with Gasteiger partial charge in [-0.25, -0.2) is 0 Å². The minimum Gasteiger partial charge on any atom is -0.362 e. The number of hydrogen-bond donors (Lipinski definition) is 1. The molecule has 1 aliphatic rings. The zero-order valence-electron chi connectivity index (χ0n) is 10.9. The van der Waals surface area contributed by atoms with Crippen LogP contribution in [0.25, 0.3) is 0 Å². The average molecular weight is 311 g/mol. The number of anilines is 1. The third-order valence-electron chi connectivity index (χ3n) is 3.04. The van der Waals surface area contributed by atoms with Crippen LogP contribution < -0.4 is 10.2 Å². The van der Waals surface area contributed by atoms with Crippen LogP contribution in [0.1, 0.15) is 25.8 Å². The first kappa shape index (κ1) is 13.4. The van der Waals surface area contributed by atoms with Gasteiger partial charge in [0, 0.05) is 22.7 Å². The van der Waals surface area contributed by atoms with Crippen molar-refractivity contribution in [3.05, 3.63) is 28.2 Å². The first-order valence-electron chi connectivity index (χ1n) is 6.39. The number of carbonyl (C=O) groups excluding carboxylic acids is 1. The van der Waals surface area contributed by atoms with Crippen molar-refractivity contribution in [3.8, 4) is 0 Å². The fourth-order valence-corrected chi connectivity index (χ4v) is 2.76. The van der Waals surface area contributed by atoms with Crippen LogP contribution in [0, 0.1) is 0 Å². The molecule has 0 aliphatic carbocycles. The normalized spacial score (nSPS) is 14.6. The molecule has 98 valence electrons. The van der Waals surface area contributed by atoms with Gasteiger partial charge in [0.2, 0.25) is 5.91 Å². The van der Waals surface area contributed by atoms with Crippen molar-refractivity contribution in [2.45, 2.75) is 32.7 Å². The Morgan fingerprint density at radius 2 is 2.28 bits per heavy atom. The van der Waals surface area contributed by atoms with Gasteiger partial charge in [0.05, 0.1) is 6.54 Å². The summed E-state index contributed by atoms with van der Waals surface area (Å²) in [5.41, 5.74) is 2.52. The number of benzene rings is 1. The van der Waals surface area contributed by atoms with Gasteiger partial charge in [-0.15, -0.1) is 0 Å². The third kappa shape index (κ3) is 3.25. The molecular weight excluding hydrogens is 292 g/mol. The van der Waals surface area contributed by atoms with Crippen molar-refractivity contribution in [2.24, 2.45) is 0 Å². The monoisotopic (exact) mass is 310 g/mol. The summed E-state index contributed by atoms with van der Waals surface area (Å²) in [6.07, 6.45) is 2.20. The number of hydrogen-bond acceptors (Lipinski definition) is 2. The Morgan fingerprint density at radius 3 is 3.00 bits per heavy atom. The van der Waals surface area contributed by atoms with Crippen molar-refractivity contribution in [2.75, 3.05) is 18.0 Å². The van der Waals surface area contributed by atoms with E-state index < -0.39 is 0 Å². The summed E-state index contributed by atoms with van der Waals surface area (Å²) in [5, 5.41) is 2.94. The Hall–Kier alpha value is -1.03. The highest BCUT2D eigenvalue weighted by molar-refractivity contribution is 9.10. The Bertz CT molecular complexity index is 445.